The van der Waals surface area contributed by atoms with Crippen LogP contribution in [0.2, 0.25) is 5.02 Å². The average Bonchev–Trinajstić information content (AvgIpc) is 2.31. The minimum atomic E-state index is -0.422. The van der Waals surface area contributed by atoms with Crippen LogP contribution in [0.25, 0.3) is 0 Å². The van der Waals surface area contributed by atoms with Crippen LogP contribution < -0.4 is 10.1 Å². The van der Waals surface area contributed by atoms with Gasteiger partial charge in [0.15, 0.2) is 6.61 Å². The van der Waals surface area contributed by atoms with Gasteiger partial charge in [-0.25, -0.2) is 0 Å². The lowest BCUT2D eigenvalue weighted by Crippen LogP contribution is -2.57. The molecule has 0 heterocycles. The first-order chi connectivity index (χ1) is 8.63. The Morgan fingerprint density at radius 3 is 2.83 bits per heavy atom. The zero-order valence-electron chi connectivity index (χ0n) is 9.99. The van der Waals surface area contributed by atoms with Crippen LogP contribution in [0.4, 0.5) is 0 Å². The van der Waals surface area contributed by atoms with Crippen molar-refractivity contribution in [2.24, 2.45) is 0 Å². The summed E-state index contributed by atoms with van der Waals surface area (Å²) in [4.78, 5) is 11.7. The highest BCUT2D eigenvalue weighted by Gasteiger charge is 2.37. The molecule has 1 saturated carbocycles. The predicted molar refractivity (Wildman–Crippen MR) is 68.8 cm³/mol. The zero-order valence-corrected chi connectivity index (χ0v) is 10.7. The topological polar surface area (TPSA) is 58.6 Å². The Bertz CT molecular complexity index is 426. The molecule has 0 saturated heterocycles. The maximum atomic E-state index is 11.7. The SMILES string of the molecule is O=C(COc1cccc(Cl)c1)NC1(CO)CCC1. The molecule has 0 unspecified atom stereocenters. The Balaban J connectivity index is 1.81. The third kappa shape index (κ3) is 3.15. The lowest BCUT2D eigenvalue weighted by molar-refractivity contribution is -0.127. The summed E-state index contributed by atoms with van der Waals surface area (Å²) >= 11 is 5.81. The normalized spacial score (nSPS) is 16.8. The molecule has 1 amide bonds. The molecule has 0 radical (unpaired) electrons. The van der Waals surface area contributed by atoms with Crippen molar-refractivity contribution < 1.29 is 14.6 Å². The highest BCUT2D eigenvalue weighted by Crippen LogP contribution is 2.31. The van der Waals surface area contributed by atoms with Gasteiger partial charge in [0.2, 0.25) is 0 Å². The van der Waals surface area contributed by atoms with Gasteiger partial charge in [0.25, 0.3) is 5.91 Å². The molecule has 2 N–H and O–H groups in total. The third-order valence-corrected chi connectivity index (χ3v) is 3.42. The molecule has 2 rings (SSSR count). The number of benzene rings is 1. The van der Waals surface area contributed by atoms with E-state index in [1.807, 2.05) is 0 Å². The number of rotatable bonds is 5. The lowest BCUT2D eigenvalue weighted by atomic mass is 9.77. The van der Waals surface area contributed by atoms with Crippen LogP contribution in [0.1, 0.15) is 19.3 Å². The second kappa shape index (κ2) is 5.59. The monoisotopic (exact) mass is 269 g/mol. The molecule has 1 aromatic rings. The highest BCUT2D eigenvalue weighted by atomic mass is 35.5. The van der Waals surface area contributed by atoms with Crippen LogP contribution in [0.3, 0.4) is 0 Å². The molecule has 4 nitrogen and oxygen atoms in total. The second-order valence-electron chi connectivity index (χ2n) is 4.59. The molecule has 0 spiro atoms. The van der Waals surface area contributed by atoms with Crippen LogP contribution in [0, 0.1) is 0 Å². The quantitative estimate of drug-likeness (QED) is 0.856. The van der Waals surface area contributed by atoms with E-state index in [2.05, 4.69) is 5.32 Å². The first-order valence-electron chi connectivity index (χ1n) is 5.94. The summed E-state index contributed by atoms with van der Waals surface area (Å²) in [5, 5.41) is 12.6. The van der Waals surface area contributed by atoms with Crippen molar-refractivity contribution in [3.63, 3.8) is 0 Å². The Morgan fingerprint density at radius 2 is 2.28 bits per heavy atom. The highest BCUT2D eigenvalue weighted by molar-refractivity contribution is 6.30. The molecule has 0 aromatic heterocycles. The standard InChI is InChI=1S/C13H16ClNO3/c14-10-3-1-4-11(7-10)18-8-12(17)15-13(9-16)5-2-6-13/h1,3-4,7,16H,2,5-6,8-9H2,(H,15,17). The van der Waals surface area contributed by atoms with E-state index in [0.29, 0.717) is 10.8 Å². The first kappa shape index (κ1) is 13.2. The fraction of sp³-hybridized carbons (Fsp3) is 0.462. The fourth-order valence-corrected chi connectivity index (χ4v) is 2.14. The van der Waals surface area contributed by atoms with Gasteiger partial charge < -0.3 is 15.2 Å². The van der Waals surface area contributed by atoms with Crippen molar-refractivity contribution in [1.29, 1.82) is 0 Å². The van der Waals surface area contributed by atoms with Crippen LogP contribution in [0.5, 0.6) is 5.75 Å². The molecule has 0 bridgehead atoms. The van der Waals surface area contributed by atoms with E-state index in [0.717, 1.165) is 19.3 Å². The molecule has 5 heteroatoms. The summed E-state index contributed by atoms with van der Waals surface area (Å²) in [6.07, 6.45) is 2.69. The summed E-state index contributed by atoms with van der Waals surface area (Å²) in [6.45, 7) is -0.0853. The summed E-state index contributed by atoms with van der Waals surface area (Å²) in [6, 6.07) is 6.89. The molecule has 18 heavy (non-hydrogen) atoms. The summed E-state index contributed by atoms with van der Waals surface area (Å²) < 4.78 is 5.33. The van der Waals surface area contributed by atoms with Gasteiger partial charge in [-0.3, -0.25) is 4.79 Å². The van der Waals surface area contributed by atoms with Crippen molar-refractivity contribution in [3.8, 4) is 5.75 Å². The average molecular weight is 270 g/mol. The Kier molecular flexibility index (Phi) is 4.09. The first-order valence-corrected chi connectivity index (χ1v) is 6.32. The van der Waals surface area contributed by atoms with E-state index >= 15 is 0 Å². The minimum Gasteiger partial charge on any atom is -0.484 e. The van der Waals surface area contributed by atoms with Gasteiger partial charge in [-0.1, -0.05) is 17.7 Å². The lowest BCUT2D eigenvalue weighted by Gasteiger charge is -2.40. The number of carbonyl (C=O) groups is 1. The predicted octanol–water partition coefficient (Wildman–Crippen LogP) is 1.75. The van der Waals surface area contributed by atoms with Gasteiger partial charge in [0.05, 0.1) is 12.1 Å². The Hall–Kier alpha value is -1.26. The van der Waals surface area contributed by atoms with Crippen molar-refractivity contribution in [3.05, 3.63) is 29.3 Å². The molecule has 1 aliphatic carbocycles. The van der Waals surface area contributed by atoms with Crippen molar-refractivity contribution in [2.75, 3.05) is 13.2 Å². The molecule has 98 valence electrons. The van der Waals surface area contributed by atoms with Gasteiger partial charge in [-0.15, -0.1) is 0 Å². The van der Waals surface area contributed by atoms with E-state index in [1.54, 1.807) is 24.3 Å². The van der Waals surface area contributed by atoms with E-state index in [9.17, 15) is 9.90 Å². The number of nitrogens with one attached hydrogen (secondary N) is 1. The third-order valence-electron chi connectivity index (χ3n) is 3.18. The summed E-state index contributed by atoms with van der Waals surface area (Å²) in [5.41, 5.74) is -0.422. The van der Waals surface area contributed by atoms with Gasteiger partial charge in [0, 0.05) is 5.02 Å². The van der Waals surface area contributed by atoms with Crippen LogP contribution in [-0.4, -0.2) is 29.8 Å². The molecular weight excluding hydrogens is 254 g/mol. The minimum absolute atomic E-state index is 0.0180. The molecule has 1 aromatic carbocycles. The van der Waals surface area contributed by atoms with Crippen LogP contribution in [-0.2, 0) is 4.79 Å². The number of aliphatic hydroxyl groups is 1. The number of halogens is 1. The Labute approximate surface area is 111 Å². The van der Waals surface area contributed by atoms with E-state index in [4.69, 9.17) is 16.3 Å². The summed E-state index contributed by atoms with van der Waals surface area (Å²) in [7, 11) is 0. The number of hydrogen-bond acceptors (Lipinski definition) is 3. The molecular formula is C13H16ClNO3. The molecule has 1 aliphatic rings. The van der Waals surface area contributed by atoms with E-state index in [-0.39, 0.29) is 19.1 Å². The number of ether oxygens (including phenoxy) is 1. The van der Waals surface area contributed by atoms with Gasteiger partial charge in [-0.2, -0.15) is 0 Å². The maximum absolute atomic E-state index is 11.7. The zero-order chi connectivity index (χ0) is 13.0. The molecule has 0 atom stereocenters. The van der Waals surface area contributed by atoms with E-state index in [1.165, 1.54) is 0 Å². The number of amides is 1. The van der Waals surface area contributed by atoms with Crippen LogP contribution >= 0.6 is 11.6 Å². The van der Waals surface area contributed by atoms with Gasteiger partial charge >= 0.3 is 0 Å². The van der Waals surface area contributed by atoms with E-state index < -0.39 is 5.54 Å². The smallest absolute Gasteiger partial charge is 0.258 e. The molecule has 1 fully saturated rings. The molecule has 0 aliphatic heterocycles. The largest absolute Gasteiger partial charge is 0.484 e. The number of aliphatic hydroxyl groups excluding tert-OH is 1. The van der Waals surface area contributed by atoms with Gasteiger partial charge in [0.1, 0.15) is 5.75 Å². The van der Waals surface area contributed by atoms with Crippen molar-refractivity contribution >= 4 is 17.5 Å². The number of carbonyl (C=O) groups excluding carboxylic acids is 1. The van der Waals surface area contributed by atoms with Gasteiger partial charge in [-0.05, 0) is 37.5 Å². The summed E-state index contributed by atoms with van der Waals surface area (Å²) in [5.74, 6) is 0.341. The fourth-order valence-electron chi connectivity index (χ4n) is 1.96. The Morgan fingerprint density at radius 1 is 1.50 bits per heavy atom. The number of hydrogen-bond donors (Lipinski definition) is 2. The van der Waals surface area contributed by atoms with Crippen molar-refractivity contribution in [2.45, 2.75) is 24.8 Å². The van der Waals surface area contributed by atoms with Crippen molar-refractivity contribution in [1.82, 2.24) is 5.32 Å². The maximum Gasteiger partial charge on any atom is 0.258 e. The second-order valence-corrected chi connectivity index (χ2v) is 5.02. The van der Waals surface area contributed by atoms with Crippen LogP contribution in [0.15, 0.2) is 24.3 Å².